The second kappa shape index (κ2) is 8.53. The maximum absolute atomic E-state index is 13.5. The topological polar surface area (TPSA) is 64.4 Å². The molecule has 3 N–H and O–H groups in total. The van der Waals surface area contributed by atoms with Gasteiger partial charge < -0.3 is 15.8 Å². The van der Waals surface area contributed by atoms with Crippen molar-refractivity contribution in [3.63, 3.8) is 0 Å². The quantitative estimate of drug-likeness (QED) is 0.788. The number of para-hydroxylation sites is 1. The number of halogens is 4. The zero-order valence-corrected chi connectivity index (χ0v) is 14.5. The molecule has 0 aliphatic carbocycles. The van der Waals surface area contributed by atoms with Crippen molar-refractivity contribution in [2.24, 2.45) is 5.73 Å². The van der Waals surface area contributed by atoms with Crippen LogP contribution in [0.15, 0.2) is 36.4 Å². The van der Waals surface area contributed by atoms with Gasteiger partial charge in [-0.15, -0.1) is 12.4 Å². The van der Waals surface area contributed by atoms with E-state index in [1.807, 2.05) is 0 Å². The lowest BCUT2D eigenvalue weighted by Gasteiger charge is -2.15. The van der Waals surface area contributed by atoms with E-state index in [9.17, 15) is 18.0 Å². The van der Waals surface area contributed by atoms with Gasteiger partial charge in [-0.3, -0.25) is 4.79 Å². The standard InChI is InChI=1S/C18H17F3N2O2.ClH/c19-13-7-10(8-14(20)17(13)21)12-3-1-2-4-15(12)23-18(24)16-6-5-11(9-22)25-16;/h1-4,7-8,11,16H,5-6,9,22H2,(H,23,24);1H/t11-,16+;/m1./s1. The molecule has 140 valence electrons. The van der Waals surface area contributed by atoms with Crippen LogP contribution < -0.4 is 11.1 Å². The van der Waals surface area contributed by atoms with E-state index >= 15 is 0 Å². The predicted molar refractivity (Wildman–Crippen MR) is 94.6 cm³/mol. The molecule has 0 spiro atoms. The van der Waals surface area contributed by atoms with Crippen molar-refractivity contribution in [2.45, 2.75) is 25.0 Å². The smallest absolute Gasteiger partial charge is 0.253 e. The number of carbonyl (C=O) groups is 1. The summed E-state index contributed by atoms with van der Waals surface area (Å²) in [6.07, 6.45) is 0.481. The van der Waals surface area contributed by atoms with Crippen LogP contribution in [0.3, 0.4) is 0 Å². The minimum atomic E-state index is -1.53. The summed E-state index contributed by atoms with van der Waals surface area (Å²) >= 11 is 0. The minimum absolute atomic E-state index is 0. The molecule has 0 saturated carbocycles. The van der Waals surface area contributed by atoms with E-state index in [0.717, 1.165) is 12.1 Å². The van der Waals surface area contributed by atoms with E-state index in [0.29, 0.717) is 30.6 Å². The number of nitrogens with one attached hydrogen (secondary N) is 1. The van der Waals surface area contributed by atoms with E-state index in [1.165, 1.54) is 0 Å². The van der Waals surface area contributed by atoms with Crippen molar-refractivity contribution in [3.8, 4) is 11.1 Å². The zero-order valence-electron chi connectivity index (χ0n) is 13.7. The largest absolute Gasteiger partial charge is 0.364 e. The molecule has 2 aromatic rings. The molecule has 0 aromatic heterocycles. The van der Waals surface area contributed by atoms with E-state index in [1.54, 1.807) is 24.3 Å². The van der Waals surface area contributed by atoms with Crippen LogP contribution in [-0.2, 0) is 9.53 Å². The summed E-state index contributed by atoms with van der Waals surface area (Å²) in [5.74, 6) is -4.47. The van der Waals surface area contributed by atoms with Gasteiger partial charge in [0.2, 0.25) is 0 Å². The Morgan fingerprint density at radius 1 is 1.15 bits per heavy atom. The molecule has 1 heterocycles. The van der Waals surface area contributed by atoms with Crippen molar-refractivity contribution in [3.05, 3.63) is 53.8 Å². The van der Waals surface area contributed by atoms with E-state index in [4.69, 9.17) is 10.5 Å². The summed E-state index contributed by atoms with van der Waals surface area (Å²) in [5.41, 5.74) is 6.39. The third kappa shape index (κ3) is 4.17. The summed E-state index contributed by atoms with van der Waals surface area (Å²) in [6, 6.07) is 8.29. The third-order valence-corrected chi connectivity index (χ3v) is 4.14. The van der Waals surface area contributed by atoms with Gasteiger partial charge >= 0.3 is 0 Å². The molecule has 2 atom stereocenters. The first-order chi connectivity index (χ1) is 12.0. The maximum atomic E-state index is 13.5. The van der Waals surface area contributed by atoms with Gasteiger partial charge in [0.05, 0.1) is 6.10 Å². The first kappa shape index (κ1) is 20.2. The van der Waals surface area contributed by atoms with Gasteiger partial charge in [0.1, 0.15) is 6.10 Å². The number of ether oxygens (including phenoxy) is 1. The maximum Gasteiger partial charge on any atom is 0.253 e. The van der Waals surface area contributed by atoms with Gasteiger partial charge in [-0.2, -0.15) is 0 Å². The number of hydrogen-bond donors (Lipinski definition) is 2. The molecule has 26 heavy (non-hydrogen) atoms. The highest BCUT2D eigenvalue weighted by molar-refractivity contribution is 5.98. The van der Waals surface area contributed by atoms with Crippen LogP contribution in [0.1, 0.15) is 12.8 Å². The molecule has 2 aromatic carbocycles. The molecule has 1 amide bonds. The van der Waals surface area contributed by atoms with Gasteiger partial charge in [-0.05, 0) is 36.6 Å². The van der Waals surface area contributed by atoms with Gasteiger partial charge in [0, 0.05) is 17.8 Å². The number of carbonyl (C=O) groups excluding carboxylic acids is 1. The van der Waals surface area contributed by atoms with Crippen molar-refractivity contribution in [1.82, 2.24) is 0 Å². The first-order valence-electron chi connectivity index (χ1n) is 7.90. The highest BCUT2D eigenvalue weighted by Crippen LogP contribution is 2.31. The Balaban J connectivity index is 0.00000243. The van der Waals surface area contributed by atoms with E-state index in [-0.39, 0.29) is 30.0 Å². The zero-order chi connectivity index (χ0) is 18.0. The van der Waals surface area contributed by atoms with Crippen molar-refractivity contribution in [2.75, 3.05) is 11.9 Å². The summed E-state index contributed by atoms with van der Waals surface area (Å²) in [6.45, 7) is 0.342. The molecule has 3 rings (SSSR count). The fourth-order valence-electron chi connectivity index (χ4n) is 2.84. The lowest BCUT2D eigenvalue weighted by Crippen LogP contribution is -2.30. The summed E-state index contributed by atoms with van der Waals surface area (Å²) < 4.78 is 45.7. The van der Waals surface area contributed by atoms with Gasteiger partial charge in [0.25, 0.3) is 5.91 Å². The Labute approximate surface area is 154 Å². The third-order valence-electron chi connectivity index (χ3n) is 4.14. The SMILES string of the molecule is Cl.NC[C@H]1CC[C@@H](C(=O)Nc2ccccc2-c2cc(F)c(F)c(F)c2)O1. The fourth-order valence-corrected chi connectivity index (χ4v) is 2.84. The Morgan fingerprint density at radius 2 is 1.81 bits per heavy atom. The molecule has 1 fully saturated rings. The number of hydrogen-bond acceptors (Lipinski definition) is 3. The summed E-state index contributed by atoms with van der Waals surface area (Å²) in [7, 11) is 0. The highest BCUT2D eigenvalue weighted by atomic mass is 35.5. The summed E-state index contributed by atoms with van der Waals surface area (Å²) in [4.78, 5) is 12.4. The monoisotopic (exact) mass is 386 g/mol. The van der Waals surface area contributed by atoms with Gasteiger partial charge in [-0.1, -0.05) is 18.2 Å². The lowest BCUT2D eigenvalue weighted by atomic mass is 10.0. The molecule has 0 bridgehead atoms. The second-order valence-corrected chi connectivity index (χ2v) is 5.85. The Kier molecular flexibility index (Phi) is 6.63. The number of anilines is 1. The number of nitrogens with two attached hydrogens (primary N) is 1. The first-order valence-corrected chi connectivity index (χ1v) is 7.90. The average Bonchev–Trinajstić information content (AvgIpc) is 3.09. The van der Waals surface area contributed by atoms with Crippen molar-refractivity contribution in [1.29, 1.82) is 0 Å². The van der Waals surface area contributed by atoms with Crippen molar-refractivity contribution >= 4 is 24.0 Å². The highest BCUT2D eigenvalue weighted by Gasteiger charge is 2.30. The molecule has 4 nitrogen and oxygen atoms in total. The Hall–Kier alpha value is -2.09. The van der Waals surface area contributed by atoms with Gasteiger partial charge in [-0.25, -0.2) is 13.2 Å². The van der Waals surface area contributed by atoms with Crippen LogP contribution in [-0.4, -0.2) is 24.7 Å². The lowest BCUT2D eigenvalue weighted by molar-refractivity contribution is -0.126. The molecule has 8 heteroatoms. The van der Waals surface area contributed by atoms with Crippen LogP contribution in [0, 0.1) is 17.5 Å². The molecule has 0 radical (unpaired) electrons. The fraction of sp³-hybridized carbons (Fsp3) is 0.278. The van der Waals surface area contributed by atoms with E-state index in [2.05, 4.69) is 5.32 Å². The molecule has 1 aliphatic heterocycles. The molecule has 1 saturated heterocycles. The Morgan fingerprint density at radius 3 is 2.42 bits per heavy atom. The number of benzene rings is 2. The molecular weight excluding hydrogens is 369 g/mol. The normalized spacial score (nSPS) is 19.1. The Bertz CT molecular complexity index is 781. The predicted octanol–water partition coefficient (Wildman–Crippen LogP) is 3.64. The van der Waals surface area contributed by atoms with Crippen LogP contribution in [0.4, 0.5) is 18.9 Å². The number of amides is 1. The molecule has 1 aliphatic rings. The molecular formula is C18H18ClF3N2O2. The van der Waals surface area contributed by atoms with Crippen LogP contribution in [0.2, 0.25) is 0 Å². The molecule has 0 unspecified atom stereocenters. The van der Waals surface area contributed by atoms with E-state index < -0.39 is 23.6 Å². The van der Waals surface area contributed by atoms with Gasteiger partial charge in [0.15, 0.2) is 17.5 Å². The number of rotatable bonds is 4. The van der Waals surface area contributed by atoms with Crippen LogP contribution in [0.25, 0.3) is 11.1 Å². The van der Waals surface area contributed by atoms with Crippen LogP contribution in [0.5, 0.6) is 0 Å². The average molecular weight is 387 g/mol. The minimum Gasteiger partial charge on any atom is -0.364 e. The van der Waals surface area contributed by atoms with Crippen LogP contribution >= 0.6 is 12.4 Å². The second-order valence-electron chi connectivity index (χ2n) is 5.85. The summed E-state index contributed by atoms with van der Waals surface area (Å²) in [5, 5.41) is 2.71. The van der Waals surface area contributed by atoms with Crippen molar-refractivity contribution < 1.29 is 22.7 Å².